The van der Waals surface area contributed by atoms with Crippen LogP contribution in [-0.4, -0.2) is 20.8 Å². The van der Waals surface area contributed by atoms with E-state index in [4.69, 9.17) is 16.3 Å². The van der Waals surface area contributed by atoms with Gasteiger partial charge in [0.05, 0.1) is 31.2 Å². The Balaban J connectivity index is 1.85. The minimum absolute atomic E-state index is 0.194. The first-order valence-electron chi connectivity index (χ1n) is 10.6. The molecule has 0 aliphatic carbocycles. The van der Waals surface area contributed by atoms with E-state index < -0.39 is 0 Å². The molecule has 0 bridgehead atoms. The van der Waals surface area contributed by atoms with Crippen molar-refractivity contribution in [3.05, 3.63) is 110 Å². The number of fused-ring (bicyclic) bond motifs is 3. The summed E-state index contributed by atoms with van der Waals surface area (Å²) in [7, 11) is 3.45. The second-order valence-corrected chi connectivity index (χ2v) is 8.45. The molecule has 0 N–H and O–H groups in total. The van der Waals surface area contributed by atoms with Crippen LogP contribution in [0.5, 0.6) is 5.75 Å². The van der Waals surface area contributed by atoms with E-state index >= 15 is 0 Å². The van der Waals surface area contributed by atoms with E-state index in [-0.39, 0.29) is 17.8 Å². The minimum atomic E-state index is -0.360. The van der Waals surface area contributed by atoms with Crippen molar-refractivity contribution >= 4 is 33.5 Å². The smallest absolute Gasteiger partial charge is 0.332 e. The number of methoxy groups -OCH3 is 1. The van der Waals surface area contributed by atoms with Crippen molar-refractivity contribution in [1.29, 1.82) is 0 Å². The molecular weight excluding hydrogens is 438 g/mol. The molecule has 0 radical (unpaired) electrons. The Morgan fingerprint density at radius 3 is 2.18 bits per heavy atom. The van der Waals surface area contributed by atoms with Crippen LogP contribution in [0.2, 0.25) is 5.02 Å². The molecule has 0 spiro atoms. The third kappa shape index (κ3) is 3.62. The van der Waals surface area contributed by atoms with Crippen LogP contribution in [-0.2, 0) is 20.1 Å². The molecule has 0 saturated heterocycles. The third-order valence-electron chi connectivity index (χ3n) is 6.00. The molecule has 0 aliphatic rings. The maximum absolute atomic E-state index is 13.7. The molecule has 5 aromatic rings. The summed E-state index contributed by atoms with van der Waals surface area (Å²) in [6.45, 7) is 0.498. The number of hydrogen-bond acceptors (Lipinski definition) is 3. The molecule has 0 amide bonds. The van der Waals surface area contributed by atoms with Gasteiger partial charge < -0.3 is 9.30 Å². The van der Waals surface area contributed by atoms with Gasteiger partial charge in [0.15, 0.2) is 0 Å². The largest absolute Gasteiger partial charge is 0.497 e. The Bertz CT molecular complexity index is 1600. The fourth-order valence-electron chi connectivity index (χ4n) is 4.33. The van der Waals surface area contributed by atoms with Gasteiger partial charge in [-0.15, -0.1) is 0 Å². The van der Waals surface area contributed by atoms with Gasteiger partial charge in [0.25, 0.3) is 5.56 Å². The highest BCUT2D eigenvalue weighted by Gasteiger charge is 2.21. The first kappa shape index (κ1) is 21.1. The average molecular weight is 460 g/mol. The first-order valence-corrected chi connectivity index (χ1v) is 10.9. The summed E-state index contributed by atoms with van der Waals surface area (Å²) in [6.07, 6.45) is 0. The Morgan fingerprint density at radius 1 is 0.818 bits per heavy atom. The molecule has 166 valence electrons. The normalized spacial score (nSPS) is 11.4. The molecule has 0 unspecified atom stereocenters. The molecule has 5 rings (SSSR count). The molecule has 0 atom stereocenters. The molecule has 7 heteroatoms. The number of hydrogen-bond donors (Lipinski definition) is 0. The standard InChI is InChI=1S/C26H22ClN3O3/c1-28-22-13-12-20(33-2)14-21(22)23-24(28)25(31)30(16-17-6-4-3-5-7-17)26(32)29(23)15-18-8-10-19(27)11-9-18/h3-14H,15-16H2,1-2H3. The number of aryl methyl sites for hydroxylation is 1. The lowest BCUT2D eigenvalue weighted by atomic mass is 10.2. The van der Waals surface area contributed by atoms with Crippen LogP contribution < -0.4 is 16.0 Å². The van der Waals surface area contributed by atoms with Crippen molar-refractivity contribution in [2.75, 3.05) is 7.11 Å². The minimum Gasteiger partial charge on any atom is -0.497 e. The molecule has 33 heavy (non-hydrogen) atoms. The highest BCUT2D eigenvalue weighted by atomic mass is 35.5. The molecule has 0 fully saturated rings. The third-order valence-corrected chi connectivity index (χ3v) is 6.25. The monoisotopic (exact) mass is 459 g/mol. The van der Waals surface area contributed by atoms with E-state index in [1.807, 2.05) is 72.3 Å². The molecular formula is C26H22ClN3O3. The summed E-state index contributed by atoms with van der Waals surface area (Å²) >= 11 is 6.06. The lowest BCUT2D eigenvalue weighted by Gasteiger charge is -2.14. The van der Waals surface area contributed by atoms with Crippen molar-refractivity contribution in [3.63, 3.8) is 0 Å². The quantitative estimate of drug-likeness (QED) is 0.391. The van der Waals surface area contributed by atoms with Crippen LogP contribution in [0.3, 0.4) is 0 Å². The number of aromatic nitrogens is 3. The van der Waals surface area contributed by atoms with Crippen molar-refractivity contribution in [2.24, 2.45) is 7.05 Å². The second kappa shape index (κ2) is 8.30. The number of ether oxygens (including phenoxy) is 1. The van der Waals surface area contributed by atoms with Gasteiger partial charge in [-0.1, -0.05) is 54.1 Å². The Morgan fingerprint density at radius 2 is 1.48 bits per heavy atom. The molecule has 2 aromatic heterocycles. The Kier molecular flexibility index (Phi) is 5.30. The van der Waals surface area contributed by atoms with E-state index in [0.29, 0.717) is 28.4 Å². The van der Waals surface area contributed by atoms with E-state index in [1.54, 1.807) is 23.8 Å². The highest BCUT2D eigenvalue weighted by Crippen LogP contribution is 2.29. The molecule has 0 saturated carbocycles. The van der Waals surface area contributed by atoms with Gasteiger partial charge in [-0.25, -0.2) is 4.79 Å². The van der Waals surface area contributed by atoms with Crippen molar-refractivity contribution in [3.8, 4) is 5.75 Å². The summed E-state index contributed by atoms with van der Waals surface area (Å²) in [5.41, 5.74) is 3.04. The maximum Gasteiger partial charge on any atom is 0.332 e. The van der Waals surface area contributed by atoms with Gasteiger partial charge >= 0.3 is 5.69 Å². The summed E-state index contributed by atoms with van der Waals surface area (Å²) in [5.74, 6) is 0.661. The fraction of sp³-hybridized carbons (Fsp3) is 0.154. The van der Waals surface area contributed by atoms with Crippen LogP contribution in [0.4, 0.5) is 0 Å². The molecule has 3 aromatic carbocycles. The van der Waals surface area contributed by atoms with Crippen LogP contribution in [0.25, 0.3) is 21.9 Å². The van der Waals surface area contributed by atoms with Gasteiger partial charge in [-0.05, 0) is 41.5 Å². The number of halogens is 1. The predicted molar refractivity (Wildman–Crippen MR) is 132 cm³/mol. The Labute approximate surface area is 194 Å². The summed E-state index contributed by atoms with van der Waals surface area (Å²) in [4.78, 5) is 27.4. The number of benzene rings is 3. The SMILES string of the molecule is COc1ccc2c(c1)c1c(c(=O)n(Cc3ccccc3)c(=O)n1Cc1ccc(Cl)cc1)n2C. The fourth-order valence-corrected chi connectivity index (χ4v) is 4.46. The molecule has 2 heterocycles. The zero-order valence-corrected chi connectivity index (χ0v) is 19.0. The molecule has 0 aliphatic heterocycles. The predicted octanol–water partition coefficient (Wildman–Crippen LogP) is 4.41. The zero-order chi connectivity index (χ0) is 23.1. The second-order valence-electron chi connectivity index (χ2n) is 8.01. The van der Waals surface area contributed by atoms with Crippen LogP contribution in [0.1, 0.15) is 11.1 Å². The lowest BCUT2D eigenvalue weighted by Crippen LogP contribution is -2.40. The van der Waals surface area contributed by atoms with Crippen LogP contribution in [0.15, 0.2) is 82.4 Å². The average Bonchev–Trinajstić information content (AvgIpc) is 3.13. The molecule has 6 nitrogen and oxygen atoms in total. The van der Waals surface area contributed by atoms with Crippen LogP contribution >= 0.6 is 11.6 Å². The van der Waals surface area contributed by atoms with Gasteiger partial charge in [-0.2, -0.15) is 0 Å². The van der Waals surface area contributed by atoms with Gasteiger partial charge in [0.1, 0.15) is 11.3 Å². The van der Waals surface area contributed by atoms with Gasteiger partial charge in [0.2, 0.25) is 0 Å². The number of nitrogens with zero attached hydrogens (tertiary/aromatic N) is 3. The topological polar surface area (TPSA) is 58.2 Å². The summed E-state index contributed by atoms with van der Waals surface area (Å²) in [5, 5.41) is 1.42. The van der Waals surface area contributed by atoms with Crippen LogP contribution in [0, 0.1) is 0 Å². The van der Waals surface area contributed by atoms with E-state index in [9.17, 15) is 9.59 Å². The van der Waals surface area contributed by atoms with E-state index in [2.05, 4.69) is 0 Å². The highest BCUT2D eigenvalue weighted by molar-refractivity contribution is 6.30. The summed E-state index contributed by atoms with van der Waals surface area (Å²) in [6, 6.07) is 22.5. The van der Waals surface area contributed by atoms with Crippen molar-refractivity contribution < 1.29 is 4.74 Å². The first-order chi connectivity index (χ1) is 16.0. The lowest BCUT2D eigenvalue weighted by molar-refractivity contribution is 0.415. The zero-order valence-electron chi connectivity index (χ0n) is 18.3. The van der Waals surface area contributed by atoms with Gasteiger partial charge in [-0.3, -0.25) is 13.9 Å². The summed E-state index contributed by atoms with van der Waals surface area (Å²) < 4.78 is 10.3. The number of rotatable bonds is 5. The van der Waals surface area contributed by atoms with Crippen molar-refractivity contribution in [1.82, 2.24) is 13.7 Å². The van der Waals surface area contributed by atoms with E-state index in [0.717, 1.165) is 22.0 Å². The van der Waals surface area contributed by atoms with E-state index in [1.165, 1.54) is 4.57 Å². The van der Waals surface area contributed by atoms with Crippen molar-refractivity contribution in [2.45, 2.75) is 13.1 Å². The van der Waals surface area contributed by atoms with Gasteiger partial charge in [0, 0.05) is 17.5 Å². The maximum atomic E-state index is 13.7. The Hall–Kier alpha value is -3.77.